The zero-order valence-electron chi connectivity index (χ0n) is 17.2. The van der Waals surface area contributed by atoms with Gasteiger partial charge in [-0.25, -0.2) is 0 Å². The molecule has 146 valence electrons. The highest BCUT2D eigenvalue weighted by Crippen LogP contribution is 2.57. The predicted octanol–water partition coefficient (Wildman–Crippen LogP) is 8.77. The molecule has 1 nitrogen and oxygen atoms in total. The van der Waals surface area contributed by atoms with Gasteiger partial charge in [-0.3, -0.25) is 0 Å². The molecule has 1 unspecified atom stereocenters. The van der Waals surface area contributed by atoms with Crippen molar-refractivity contribution in [3.63, 3.8) is 0 Å². The van der Waals surface area contributed by atoms with E-state index in [0.29, 0.717) is 0 Å². The van der Waals surface area contributed by atoms with Gasteiger partial charge in [-0.2, -0.15) is 0 Å². The van der Waals surface area contributed by atoms with Crippen LogP contribution >= 0.6 is 7.53 Å². The fourth-order valence-electron chi connectivity index (χ4n) is 5.28. The maximum Gasteiger partial charge on any atom is 0.0612 e. The van der Waals surface area contributed by atoms with Gasteiger partial charge in [0.25, 0.3) is 0 Å². The number of benzene rings is 5. The number of hydrogen-bond acceptors (Lipinski definition) is 0. The molecule has 31 heavy (non-hydrogen) atoms. The van der Waals surface area contributed by atoms with Crippen LogP contribution in [0.15, 0.2) is 103 Å². The van der Waals surface area contributed by atoms with Crippen molar-refractivity contribution >= 4 is 61.1 Å². The van der Waals surface area contributed by atoms with Gasteiger partial charge < -0.3 is 4.57 Å². The lowest BCUT2D eigenvalue weighted by Gasteiger charge is -2.06. The lowest BCUT2D eigenvalue weighted by atomic mass is 10.1. The summed E-state index contributed by atoms with van der Waals surface area (Å²) in [5.41, 5.74) is 2.69. The first-order valence-corrected chi connectivity index (χ1v) is 12.0. The number of fused-ring (bicyclic) bond motifs is 8. The minimum absolute atomic E-state index is 0.584. The minimum Gasteiger partial charge on any atom is -0.343 e. The van der Waals surface area contributed by atoms with Gasteiger partial charge in [0.15, 0.2) is 0 Å². The number of nitrogens with zero attached hydrogens (tertiary/aromatic N) is 1. The largest absolute Gasteiger partial charge is 0.343 e. The van der Waals surface area contributed by atoms with Gasteiger partial charge in [0.1, 0.15) is 0 Å². The van der Waals surface area contributed by atoms with Crippen molar-refractivity contribution in [2.45, 2.75) is 0 Å². The number of aryl methyl sites for hydroxylation is 1. The Bertz CT molecular complexity index is 1780. The number of hydrogen-bond donors (Lipinski definition) is 0. The molecular weight excluding hydrogens is 393 g/mol. The summed E-state index contributed by atoms with van der Waals surface area (Å²) in [6.07, 6.45) is 0. The lowest BCUT2D eigenvalue weighted by molar-refractivity contribution is 1.02. The Hall–Kier alpha value is -3.54. The van der Waals surface area contributed by atoms with Crippen molar-refractivity contribution in [2.75, 3.05) is 0 Å². The average molecular weight is 413 g/mol. The third-order valence-corrected chi connectivity index (χ3v) is 9.26. The lowest BCUT2D eigenvalue weighted by Crippen LogP contribution is -1.87. The predicted molar refractivity (Wildman–Crippen MR) is 137 cm³/mol. The zero-order valence-corrected chi connectivity index (χ0v) is 18.1. The Morgan fingerprint density at radius 2 is 1.26 bits per heavy atom. The highest BCUT2D eigenvalue weighted by atomic mass is 31.1. The monoisotopic (exact) mass is 413 g/mol. The Labute approximate surface area is 181 Å². The van der Waals surface area contributed by atoms with Gasteiger partial charge in [-0.1, -0.05) is 98.5 Å². The van der Waals surface area contributed by atoms with E-state index in [2.05, 4.69) is 115 Å². The van der Waals surface area contributed by atoms with Crippen molar-refractivity contribution < 1.29 is 0 Å². The van der Waals surface area contributed by atoms with E-state index in [4.69, 9.17) is 0 Å². The maximum atomic E-state index is 2.43. The first-order chi connectivity index (χ1) is 15.3. The normalized spacial score (nSPS) is 12.6. The molecule has 0 saturated heterocycles. The molecule has 2 aromatic heterocycles. The van der Waals surface area contributed by atoms with Crippen LogP contribution in [0, 0.1) is 0 Å². The van der Waals surface area contributed by atoms with E-state index in [1.165, 1.54) is 58.9 Å². The first kappa shape index (κ1) is 17.2. The number of aromatic nitrogens is 1. The molecule has 0 radical (unpaired) electrons. The average Bonchev–Trinajstić information content (AvgIpc) is 3.30. The van der Waals surface area contributed by atoms with E-state index < -0.39 is 7.53 Å². The standard InChI is InChI=1S/C29H20NP/c1-30-26-18-20-10-6-5-9-19(20)17-25(26)23-15-16-24-22-13-7-8-14-27(22)31(29(24)28(23)30)21-11-3-2-4-12-21/h2-18H,1H3. The molecule has 0 spiro atoms. The van der Waals surface area contributed by atoms with Crippen molar-refractivity contribution in [3.05, 3.63) is 103 Å². The van der Waals surface area contributed by atoms with E-state index in [1.807, 2.05) is 0 Å². The summed E-state index contributed by atoms with van der Waals surface area (Å²) in [5.74, 6) is 0. The third kappa shape index (κ3) is 2.27. The van der Waals surface area contributed by atoms with Crippen LogP contribution in [0.4, 0.5) is 0 Å². The molecule has 1 atom stereocenters. The highest BCUT2D eigenvalue weighted by Gasteiger charge is 2.19. The second-order valence-corrected chi connectivity index (χ2v) is 10.4. The first-order valence-electron chi connectivity index (χ1n) is 10.7. The quantitative estimate of drug-likeness (QED) is 0.253. The maximum absolute atomic E-state index is 2.43. The van der Waals surface area contributed by atoms with Crippen molar-refractivity contribution in [1.82, 2.24) is 4.57 Å². The topological polar surface area (TPSA) is 4.93 Å². The second kappa shape index (κ2) is 6.23. The summed E-state index contributed by atoms with van der Waals surface area (Å²) < 4.78 is 2.43. The molecule has 2 heterocycles. The van der Waals surface area contributed by atoms with Crippen LogP contribution in [0.25, 0.3) is 58.9 Å². The summed E-state index contributed by atoms with van der Waals surface area (Å²) in [6, 6.07) is 38.1. The van der Waals surface area contributed by atoms with Crippen LogP contribution in [0.5, 0.6) is 0 Å². The van der Waals surface area contributed by atoms with Crippen molar-refractivity contribution in [2.24, 2.45) is 7.05 Å². The smallest absolute Gasteiger partial charge is 0.0612 e. The molecule has 0 saturated carbocycles. The molecule has 0 fully saturated rings. The summed E-state index contributed by atoms with van der Waals surface area (Å²) in [6.45, 7) is 0. The molecule has 0 amide bonds. The van der Waals surface area contributed by atoms with E-state index >= 15 is 0 Å². The molecule has 2 heteroatoms. The molecular formula is C29H20NP. The van der Waals surface area contributed by atoms with E-state index in [-0.39, 0.29) is 0 Å². The summed E-state index contributed by atoms with van der Waals surface area (Å²) in [7, 11) is 1.65. The van der Waals surface area contributed by atoms with Crippen LogP contribution < -0.4 is 0 Å². The van der Waals surface area contributed by atoms with Crippen LogP contribution in [0.1, 0.15) is 0 Å². The van der Waals surface area contributed by atoms with Gasteiger partial charge in [-0.15, -0.1) is 0 Å². The van der Waals surface area contributed by atoms with Crippen molar-refractivity contribution in [1.29, 1.82) is 0 Å². The Balaban J connectivity index is 1.77. The van der Waals surface area contributed by atoms with E-state index in [9.17, 15) is 0 Å². The molecule has 0 N–H and O–H groups in total. The fourth-order valence-corrected chi connectivity index (χ4v) is 8.12. The van der Waals surface area contributed by atoms with Gasteiger partial charge in [0.05, 0.1) is 5.52 Å². The number of rotatable bonds is 1. The van der Waals surface area contributed by atoms with Gasteiger partial charge >= 0.3 is 0 Å². The molecule has 0 aliphatic heterocycles. The van der Waals surface area contributed by atoms with Crippen molar-refractivity contribution in [3.8, 4) is 5.30 Å². The van der Waals surface area contributed by atoms with Gasteiger partial charge in [-0.05, 0) is 39.0 Å². The molecule has 0 aliphatic rings. The summed E-state index contributed by atoms with van der Waals surface area (Å²) >= 11 is 0. The summed E-state index contributed by atoms with van der Waals surface area (Å²) in [5, 5.41) is 12.5. The molecule has 5 aromatic carbocycles. The van der Waals surface area contributed by atoms with Crippen LogP contribution in [0.3, 0.4) is 0 Å². The SMILES string of the molecule is Cn1c2cc3ccccc3cc2c2ccc3c4ccccc4p(-c4ccccc4)c3c21. The Kier molecular flexibility index (Phi) is 3.45. The van der Waals surface area contributed by atoms with Crippen LogP contribution in [-0.2, 0) is 7.05 Å². The van der Waals surface area contributed by atoms with E-state index in [1.54, 1.807) is 0 Å². The highest BCUT2D eigenvalue weighted by molar-refractivity contribution is 7.68. The fraction of sp³-hybridized carbons (Fsp3) is 0.0345. The third-order valence-electron chi connectivity index (χ3n) is 6.68. The van der Waals surface area contributed by atoms with Gasteiger partial charge in [0, 0.05) is 33.6 Å². The molecule has 0 bridgehead atoms. The second-order valence-electron chi connectivity index (χ2n) is 8.32. The van der Waals surface area contributed by atoms with E-state index in [0.717, 1.165) is 0 Å². The summed E-state index contributed by atoms with van der Waals surface area (Å²) in [4.78, 5) is 0. The molecule has 7 rings (SSSR count). The van der Waals surface area contributed by atoms with Crippen LogP contribution in [-0.4, -0.2) is 4.57 Å². The van der Waals surface area contributed by atoms with Crippen LogP contribution in [0.2, 0.25) is 0 Å². The minimum atomic E-state index is -0.584. The molecule has 7 aromatic rings. The Morgan fingerprint density at radius 3 is 2.10 bits per heavy atom. The van der Waals surface area contributed by atoms with Gasteiger partial charge in [0.2, 0.25) is 0 Å². The zero-order chi connectivity index (χ0) is 20.5. The molecule has 0 aliphatic carbocycles. The Morgan fingerprint density at radius 1 is 0.581 bits per heavy atom.